The average molecular weight is 339 g/mol. The van der Waals surface area contributed by atoms with Crippen molar-refractivity contribution < 1.29 is 9.59 Å². The van der Waals surface area contributed by atoms with Gasteiger partial charge in [0, 0.05) is 42.0 Å². The Hall–Kier alpha value is -2.67. The second-order valence-electron chi connectivity index (χ2n) is 6.80. The lowest BCUT2D eigenvalue weighted by atomic mass is 9.73. The number of carbonyl (C=O) groups is 2. The lowest BCUT2D eigenvalue weighted by Gasteiger charge is -2.40. The predicted molar refractivity (Wildman–Crippen MR) is 94.4 cm³/mol. The quantitative estimate of drug-likeness (QED) is 0.665. The maximum absolute atomic E-state index is 12.4. The number of H-pyrrole nitrogens is 1. The number of hydrogen-bond acceptors (Lipinski definition) is 4. The van der Waals surface area contributed by atoms with Crippen LogP contribution in [-0.2, 0) is 10.2 Å². The van der Waals surface area contributed by atoms with Crippen molar-refractivity contribution in [2.24, 2.45) is 0 Å². The van der Waals surface area contributed by atoms with Crippen LogP contribution in [-0.4, -0.2) is 41.4 Å². The molecule has 2 amide bonds. The first kappa shape index (κ1) is 15.8. The van der Waals surface area contributed by atoms with E-state index in [-0.39, 0.29) is 17.2 Å². The molecule has 0 radical (unpaired) electrons. The Balaban J connectivity index is 1.75. The molecule has 2 aromatic rings. The molecule has 0 aliphatic carbocycles. The maximum atomic E-state index is 12.4. The molecule has 4 N–H and O–H groups in total. The Morgan fingerprint density at radius 2 is 2.08 bits per heavy atom. The molecule has 0 unspecified atom stereocenters. The zero-order chi connectivity index (χ0) is 17.4. The number of amides is 2. The van der Waals surface area contributed by atoms with Crippen molar-refractivity contribution in [3.63, 3.8) is 0 Å². The Bertz CT molecular complexity index is 836. The first-order valence-corrected chi connectivity index (χ1v) is 8.54. The summed E-state index contributed by atoms with van der Waals surface area (Å²) in [5.41, 5.74) is 3.49. The van der Waals surface area contributed by atoms with Crippen molar-refractivity contribution in [1.29, 1.82) is 0 Å². The molecule has 1 saturated heterocycles. The highest BCUT2D eigenvalue weighted by molar-refractivity contribution is 5.98. The molecule has 2 aliphatic rings. The highest BCUT2D eigenvalue weighted by atomic mass is 16.2. The van der Waals surface area contributed by atoms with E-state index in [2.05, 4.69) is 25.9 Å². The van der Waals surface area contributed by atoms with E-state index < -0.39 is 0 Å². The van der Waals surface area contributed by atoms with Gasteiger partial charge in [-0.1, -0.05) is 0 Å². The number of hydrogen-bond donors (Lipinski definition) is 4. The third-order valence-corrected chi connectivity index (χ3v) is 5.12. The third kappa shape index (κ3) is 2.80. The van der Waals surface area contributed by atoms with Gasteiger partial charge in [0.2, 0.25) is 5.91 Å². The summed E-state index contributed by atoms with van der Waals surface area (Å²) < 4.78 is 0. The highest BCUT2D eigenvalue weighted by Crippen LogP contribution is 2.39. The Kier molecular flexibility index (Phi) is 3.80. The van der Waals surface area contributed by atoms with Crippen molar-refractivity contribution in [2.45, 2.75) is 25.2 Å². The van der Waals surface area contributed by atoms with E-state index in [1.165, 1.54) is 6.92 Å². The van der Waals surface area contributed by atoms with Gasteiger partial charge in [0.15, 0.2) is 0 Å². The Morgan fingerprint density at radius 3 is 2.84 bits per heavy atom. The second kappa shape index (κ2) is 6.00. The van der Waals surface area contributed by atoms with Crippen LogP contribution in [0.25, 0.3) is 11.3 Å². The monoisotopic (exact) mass is 339 g/mol. The van der Waals surface area contributed by atoms with Gasteiger partial charge in [-0.3, -0.25) is 9.59 Å². The summed E-state index contributed by atoms with van der Waals surface area (Å²) in [4.78, 5) is 31.2. The number of rotatable bonds is 2. The second-order valence-corrected chi connectivity index (χ2v) is 6.80. The minimum absolute atomic E-state index is 0.0275. The molecule has 0 saturated carbocycles. The number of pyridine rings is 1. The van der Waals surface area contributed by atoms with Crippen molar-refractivity contribution in [1.82, 2.24) is 20.6 Å². The lowest BCUT2D eigenvalue weighted by molar-refractivity contribution is -0.114. The van der Waals surface area contributed by atoms with Crippen molar-refractivity contribution in [2.75, 3.05) is 25.0 Å². The largest absolute Gasteiger partial charge is 0.357 e. The fourth-order valence-corrected chi connectivity index (χ4v) is 3.82. The molecule has 1 spiro atoms. The van der Waals surface area contributed by atoms with E-state index in [0.717, 1.165) is 48.4 Å². The first-order chi connectivity index (χ1) is 12.1. The van der Waals surface area contributed by atoms with Gasteiger partial charge in [0.1, 0.15) is 5.82 Å². The van der Waals surface area contributed by atoms with Gasteiger partial charge in [-0.2, -0.15) is 0 Å². The number of aromatic nitrogens is 2. The normalized spacial score (nSPS) is 18.5. The number of carbonyl (C=O) groups excluding carboxylic acids is 2. The molecule has 0 bridgehead atoms. The van der Waals surface area contributed by atoms with Gasteiger partial charge in [0.05, 0.1) is 5.56 Å². The van der Waals surface area contributed by atoms with Crippen LogP contribution in [0.5, 0.6) is 0 Å². The van der Waals surface area contributed by atoms with Crippen LogP contribution in [0.2, 0.25) is 0 Å². The molecule has 4 heterocycles. The molecule has 25 heavy (non-hydrogen) atoms. The van der Waals surface area contributed by atoms with Gasteiger partial charge in [-0.25, -0.2) is 4.98 Å². The van der Waals surface area contributed by atoms with E-state index in [0.29, 0.717) is 12.4 Å². The van der Waals surface area contributed by atoms with E-state index >= 15 is 0 Å². The van der Waals surface area contributed by atoms with Crippen LogP contribution in [0.4, 0.5) is 5.82 Å². The minimum atomic E-state index is -0.163. The van der Waals surface area contributed by atoms with Crippen molar-refractivity contribution in [3.05, 3.63) is 35.7 Å². The maximum Gasteiger partial charge on any atom is 0.253 e. The summed E-state index contributed by atoms with van der Waals surface area (Å²) in [6.45, 7) is 4.03. The number of aromatic amines is 1. The zero-order valence-electron chi connectivity index (χ0n) is 14.1. The highest BCUT2D eigenvalue weighted by Gasteiger charge is 2.42. The fraction of sp³-hybridized carbons (Fsp3) is 0.389. The van der Waals surface area contributed by atoms with Gasteiger partial charge in [0.25, 0.3) is 5.91 Å². The molecule has 130 valence electrons. The first-order valence-electron chi connectivity index (χ1n) is 8.54. The number of piperidine rings is 1. The van der Waals surface area contributed by atoms with Gasteiger partial charge >= 0.3 is 0 Å². The summed E-state index contributed by atoms with van der Waals surface area (Å²) in [5, 5.41) is 9.12. The lowest BCUT2D eigenvalue weighted by Crippen LogP contribution is -2.51. The summed E-state index contributed by atoms with van der Waals surface area (Å²) in [5.74, 6) is 0.305. The SMILES string of the molecule is CC(=O)Nc1cc(-c2cc3c([nH]2)C2(CCNCC2)CNC3=O)ccn1. The topological polar surface area (TPSA) is 98.9 Å². The van der Waals surface area contributed by atoms with Gasteiger partial charge < -0.3 is 20.9 Å². The number of anilines is 1. The fourth-order valence-electron chi connectivity index (χ4n) is 3.82. The zero-order valence-corrected chi connectivity index (χ0v) is 14.1. The van der Waals surface area contributed by atoms with Crippen LogP contribution in [0, 0.1) is 0 Å². The molecule has 0 aromatic carbocycles. The third-order valence-electron chi connectivity index (χ3n) is 5.12. The molecule has 0 atom stereocenters. The van der Waals surface area contributed by atoms with Crippen molar-refractivity contribution >= 4 is 17.6 Å². The standard InChI is InChI=1S/C18H21N5O2/c1-11(24)22-15-8-12(2-5-20-15)14-9-13-16(23-14)18(10-21-17(13)25)3-6-19-7-4-18/h2,5,8-9,19,23H,3-4,6-7,10H2,1H3,(H,21,25)(H,20,22,24). The van der Waals surface area contributed by atoms with Crippen LogP contribution >= 0.6 is 0 Å². The van der Waals surface area contributed by atoms with Gasteiger partial charge in [-0.15, -0.1) is 0 Å². The predicted octanol–water partition coefficient (Wildman–Crippen LogP) is 1.40. The number of nitrogens with one attached hydrogen (secondary N) is 4. The molecule has 2 aromatic heterocycles. The summed E-state index contributed by atoms with van der Waals surface area (Å²) in [7, 11) is 0. The van der Waals surface area contributed by atoms with Crippen LogP contribution in [0.3, 0.4) is 0 Å². The average Bonchev–Trinajstić information content (AvgIpc) is 3.06. The number of nitrogens with zero attached hydrogens (tertiary/aromatic N) is 1. The molecular weight excluding hydrogens is 318 g/mol. The van der Waals surface area contributed by atoms with Gasteiger partial charge in [-0.05, 0) is 44.1 Å². The molecule has 1 fully saturated rings. The molecule has 2 aliphatic heterocycles. The summed E-state index contributed by atoms with van der Waals surface area (Å²) in [6, 6.07) is 5.59. The van der Waals surface area contributed by atoms with E-state index in [9.17, 15) is 9.59 Å². The van der Waals surface area contributed by atoms with Crippen LogP contribution in [0.1, 0.15) is 35.8 Å². The van der Waals surface area contributed by atoms with E-state index in [1.54, 1.807) is 6.20 Å². The molecule has 7 nitrogen and oxygen atoms in total. The minimum Gasteiger partial charge on any atom is -0.357 e. The van der Waals surface area contributed by atoms with E-state index in [4.69, 9.17) is 0 Å². The molecule has 7 heteroatoms. The Morgan fingerprint density at radius 1 is 1.28 bits per heavy atom. The molecule has 4 rings (SSSR count). The van der Waals surface area contributed by atoms with Crippen LogP contribution < -0.4 is 16.0 Å². The summed E-state index contributed by atoms with van der Waals surface area (Å²) >= 11 is 0. The summed E-state index contributed by atoms with van der Waals surface area (Å²) in [6.07, 6.45) is 3.64. The Labute approximate surface area is 145 Å². The van der Waals surface area contributed by atoms with E-state index in [1.807, 2.05) is 18.2 Å². The number of fused-ring (bicyclic) bond motifs is 2. The molecular formula is C18H21N5O2. The van der Waals surface area contributed by atoms with Crippen molar-refractivity contribution in [3.8, 4) is 11.3 Å². The smallest absolute Gasteiger partial charge is 0.253 e. The van der Waals surface area contributed by atoms with Crippen LogP contribution in [0.15, 0.2) is 24.4 Å².